The van der Waals surface area contributed by atoms with Crippen molar-refractivity contribution in [3.05, 3.63) is 75.2 Å². The Bertz CT molecular complexity index is 1360. The van der Waals surface area contributed by atoms with E-state index in [0.29, 0.717) is 22.0 Å². The molecule has 3 rings (SSSR count). The molecule has 0 aliphatic carbocycles. The molecule has 0 saturated carbocycles. The molecule has 3 aromatic rings. The van der Waals surface area contributed by atoms with E-state index in [0.717, 1.165) is 0 Å². The zero-order valence-corrected chi connectivity index (χ0v) is 17.7. The third kappa shape index (κ3) is 5.25. The van der Waals surface area contributed by atoms with Crippen LogP contribution in [-0.4, -0.2) is 24.4 Å². The number of nitrogens with one attached hydrogen (secondary N) is 2. The monoisotopic (exact) mass is 470 g/mol. The van der Waals surface area contributed by atoms with Gasteiger partial charge < -0.3 is 11.1 Å². The number of urea groups is 1. The van der Waals surface area contributed by atoms with Gasteiger partial charge in [0.2, 0.25) is 0 Å². The van der Waals surface area contributed by atoms with E-state index >= 15 is 0 Å². The molecule has 2 aromatic carbocycles. The SMILES string of the molecule is N#C/C(=C/Nc1ccc(S(=O)(=O)NC(N)=O)cc1)c1nc(-c2cccc([N+](=O)[O-])c2)cs1. The Balaban J connectivity index is 1.78. The maximum absolute atomic E-state index is 11.9. The Morgan fingerprint density at radius 1 is 1.25 bits per heavy atom. The number of primary amides is 1. The predicted octanol–water partition coefficient (Wildman–Crippen LogP) is 3.05. The number of hydrogen-bond donors (Lipinski definition) is 3. The molecule has 0 unspecified atom stereocenters. The third-order valence-electron chi connectivity index (χ3n) is 3.99. The molecule has 0 spiro atoms. The van der Waals surface area contributed by atoms with E-state index in [2.05, 4.69) is 10.3 Å². The molecule has 2 amide bonds. The summed E-state index contributed by atoms with van der Waals surface area (Å²) >= 11 is 1.19. The maximum atomic E-state index is 11.9. The number of sulfonamides is 1. The van der Waals surface area contributed by atoms with Gasteiger partial charge >= 0.3 is 6.03 Å². The largest absolute Gasteiger partial charge is 0.360 e. The van der Waals surface area contributed by atoms with Gasteiger partial charge in [0.05, 0.1) is 15.5 Å². The van der Waals surface area contributed by atoms with Crippen molar-refractivity contribution in [2.45, 2.75) is 4.90 Å². The van der Waals surface area contributed by atoms with Crippen molar-refractivity contribution in [1.82, 2.24) is 9.71 Å². The molecule has 0 aliphatic rings. The van der Waals surface area contributed by atoms with E-state index in [4.69, 9.17) is 5.73 Å². The summed E-state index contributed by atoms with van der Waals surface area (Å²) in [7, 11) is -4.06. The molecule has 0 fully saturated rings. The summed E-state index contributed by atoms with van der Waals surface area (Å²) < 4.78 is 25.4. The molecule has 4 N–H and O–H groups in total. The topological polar surface area (TPSA) is 181 Å². The number of aromatic nitrogens is 1. The van der Waals surface area contributed by atoms with Gasteiger partial charge in [-0.05, 0) is 24.3 Å². The normalized spacial score (nSPS) is 11.4. The van der Waals surface area contributed by atoms with Crippen LogP contribution in [-0.2, 0) is 10.0 Å². The Kier molecular flexibility index (Phi) is 6.47. The quantitative estimate of drug-likeness (QED) is 0.267. The number of rotatable bonds is 7. The van der Waals surface area contributed by atoms with Gasteiger partial charge in [0, 0.05) is 35.0 Å². The van der Waals surface area contributed by atoms with Crippen LogP contribution in [0.3, 0.4) is 0 Å². The van der Waals surface area contributed by atoms with Gasteiger partial charge in [-0.15, -0.1) is 11.3 Å². The highest BCUT2D eigenvalue weighted by Crippen LogP contribution is 2.28. The van der Waals surface area contributed by atoms with Gasteiger partial charge in [-0.2, -0.15) is 5.26 Å². The molecule has 1 aromatic heterocycles. The van der Waals surface area contributed by atoms with Gasteiger partial charge in [0.25, 0.3) is 15.7 Å². The van der Waals surface area contributed by atoms with Crippen LogP contribution in [0.4, 0.5) is 16.2 Å². The lowest BCUT2D eigenvalue weighted by Gasteiger charge is -2.06. The third-order valence-corrected chi connectivity index (χ3v) is 6.23. The average Bonchev–Trinajstić information content (AvgIpc) is 3.24. The zero-order chi connectivity index (χ0) is 23.3. The van der Waals surface area contributed by atoms with Crippen molar-refractivity contribution < 1.29 is 18.1 Å². The summed E-state index contributed by atoms with van der Waals surface area (Å²) in [5.74, 6) is 0. The number of anilines is 1. The molecule has 162 valence electrons. The lowest BCUT2D eigenvalue weighted by atomic mass is 10.1. The Morgan fingerprint density at radius 3 is 2.59 bits per heavy atom. The summed E-state index contributed by atoms with van der Waals surface area (Å²) in [5, 5.41) is 25.4. The molecule has 0 bridgehead atoms. The van der Waals surface area contributed by atoms with E-state index < -0.39 is 21.0 Å². The summed E-state index contributed by atoms with van der Waals surface area (Å²) in [5.41, 5.74) is 6.50. The molecule has 11 nitrogen and oxygen atoms in total. The number of nitro benzene ring substituents is 1. The maximum Gasteiger partial charge on any atom is 0.326 e. The van der Waals surface area contributed by atoms with Gasteiger partial charge in [0.15, 0.2) is 0 Å². The number of carbonyl (C=O) groups excluding carboxylic acids is 1. The fourth-order valence-corrected chi connectivity index (χ4v) is 4.20. The summed E-state index contributed by atoms with van der Waals surface area (Å²) in [4.78, 5) is 25.5. The molecule has 13 heteroatoms. The fraction of sp³-hybridized carbons (Fsp3) is 0. The first-order valence-electron chi connectivity index (χ1n) is 8.69. The number of carbonyl (C=O) groups is 1. The zero-order valence-electron chi connectivity index (χ0n) is 16.1. The second-order valence-electron chi connectivity index (χ2n) is 6.15. The van der Waals surface area contributed by atoms with Gasteiger partial charge in [-0.3, -0.25) is 10.1 Å². The highest BCUT2D eigenvalue weighted by Gasteiger charge is 2.16. The molecular formula is C19H14N6O5S2. The van der Waals surface area contributed by atoms with Crippen molar-refractivity contribution >= 4 is 44.3 Å². The van der Waals surface area contributed by atoms with Crippen molar-refractivity contribution in [2.24, 2.45) is 5.73 Å². The van der Waals surface area contributed by atoms with Crippen LogP contribution in [0.25, 0.3) is 16.8 Å². The number of benzene rings is 2. The minimum Gasteiger partial charge on any atom is -0.360 e. The highest BCUT2D eigenvalue weighted by atomic mass is 32.2. The number of nitrogens with zero attached hydrogens (tertiary/aromatic N) is 3. The summed E-state index contributed by atoms with van der Waals surface area (Å²) in [6, 6.07) is 12.2. The summed E-state index contributed by atoms with van der Waals surface area (Å²) in [6.07, 6.45) is 1.40. The Hall–Kier alpha value is -4.28. The lowest BCUT2D eigenvalue weighted by molar-refractivity contribution is -0.384. The van der Waals surface area contributed by atoms with E-state index in [1.54, 1.807) is 22.2 Å². The van der Waals surface area contributed by atoms with Crippen LogP contribution in [0.15, 0.2) is 65.0 Å². The second-order valence-corrected chi connectivity index (χ2v) is 8.69. The van der Waals surface area contributed by atoms with Crippen LogP contribution in [0.5, 0.6) is 0 Å². The second kappa shape index (κ2) is 9.25. The number of amides is 2. The van der Waals surface area contributed by atoms with Crippen LogP contribution < -0.4 is 15.8 Å². The highest BCUT2D eigenvalue weighted by molar-refractivity contribution is 7.90. The first-order valence-corrected chi connectivity index (χ1v) is 11.1. The smallest absolute Gasteiger partial charge is 0.326 e. The van der Waals surface area contributed by atoms with Crippen LogP contribution in [0, 0.1) is 21.4 Å². The molecule has 0 aliphatic heterocycles. The van der Waals surface area contributed by atoms with Crippen molar-refractivity contribution in [3.63, 3.8) is 0 Å². The van der Waals surface area contributed by atoms with E-state index in [-0.39, 0.29) is 16.2 Å². The number of non-ortho nitro benzene ring substituents is 1. The van der Waals surface area contributed by atoms with E-state index in [9.17, 15) is 28.6 Å². The van der Waals surface area contributed by atoms with E-state index in [1.165, 1.54) is 53.9 Å². The Labute approximate surface area is 186 Å². The van der Waals surface area contributed by atoms with Crippen LogP contribution in [0.1, 0.15) is 5.01 Å². The number of allylic oxidation sites excluding steroid dienone is 1. The standard InChI is InChI=1S/C19H14N6O5S2/c20-9-13(10-22-14-4-6-16(7-5-14)32(29,30)24-19(21)26)18-23-17(11-31-18)12-2-1-3-15(8-12)25(27)28/h1-8,10-11,22H,(H3,21,24,26)/b13-10-. The molecule has 32 heavy (non-hydrogen) atoms. The van der Waals surface area contributed by atoms with Crippen molar-refractivity contribution in [3.8, 4) is 17.3 Å². The number of nitro groups is 1. The van der Waals surface area contributed by atoms with Crippen molar-refractivity contribution in [1.29, 1.82) is 5.26 Å². The minimum atomic E-state index is -4.06. The van der Waals surface area contributed by atoms with Crippen LogP contribution in [0.2, 0.25) is 0 Å². The van der Waals surface area contributed by atoms with Crippen LogP contribution >= 0.6 is 11.3 Å². The lowest BCUT2D eigenvalue weighted by Crippen LogP contribution is -2.34. The first-order chi connectivity index (χ1) is 15.2. The van der Waals surface area contributed by atoms with Gasteiger partial charge in [-0.1, -0.05) is 12.1 Å². The molecule has 1 heterocycles. The Morgan fingerprint density at radius 2 is 1.97 bits per heavy atom. The molecular weight excluding hydrogens is 456 g/mol. The van der Waals surface area contributed by atoms with Crippen molar-refractivity contribution in [2.75, 3.05) is 5.32 Å². The van der Waals surface area contributed by atoms with E-state index in [1.807, 2.05) is 6.07 Å². The predicted molar refractivity (Wildman–Crippen MR) is 118 cm³/mol. The average molecular weight is 470 g/mol. The fourth-order valence-electron chi connectivity index (χ4n) is 2.53. The number of hydrogen-bond acceptors (Lipinski definition) is 9. The minimum absolute atomic E-state index is 0.0637. The molecule has 0 saturated heterocycles. The summed E-state index contributed by atoms with van der Waals surface area (Å²) in [6.45, 7) is 0. The van der Waals surface area contributed by atoms with Gasteiger partial charge in [0.1, 0.15) is 16.6 Å². The number of nitriles is 1. The first kappa shape index (κ1) is 22.4. The number of nitrogens with two attached hydrogens (primary N) is 1. The number of thiazole rings is 1. The molecule has 0 radical (unpaired) electrons. The molecule has 0 atom stereocenters. The van der Waals surface area contributed by atoms with Gasteiger partial charge in [-0.25, -0.2) is 22.9 Å².